The van der Waals surface area contributed by atoms with Crippen LogP contribution in [0.5, 0.6) is 5.75 Å². The molecule has 0 bridgehead atoms. The van der Waals surface area contributed by atoms with E-state index in [9.17, 15) is 14.7 Å². The number of ether oxygens (including phenoxy) is 1. The molecule has 0 radical (unpaired) electrons. The second-order valence-electron chi connectivity index (χ2n) is 11.2. The Balaban J connectivity index is 1.50. The van der Waals surface area contributed by atoms with Gasteiger partial charge in [-0.3, -0.25) is 4.79 Å². The maximum atomic E-state index is 12.8. The zero-order chi connectivity index (χ0) is 27.2. The third kappa shape index (κ3) is 7.56. The molecule has 2 atom stereocenters. The predicted molar refractivity (Wildman–Crippen MR) is 149 cm³/mol. The van der Waals surface area contributed by atoms with Crippen molar-refractivity contribution in [1.29, 1.82) is 0 Å². The number of fused-ring (bicyclic) bond motifs is 1. The first-order valence-electron chi connectivity index (χ1n) is 12.9. The molecule has 6 nitrogen and oxygen atoms in total. The number of hydrogen-bond donors (Lipinski definition) is 3. The summed E-state index contributed by atoms with van der Waals surface area (Å²) in [6, 6.07) is 21.9. The molecule has 3 rings (SSSR count). The molecule has 3 N–H and O–H groups in total. The molecule has 0 aliphatic carbocycles. The minimum atomic E-state index is -1.22. The van der Waals surface area contributed by atoms with Gasteiger partial charge in [-0.15, -0.1) is 0 Å². The molecular weight excluding hydrogens is 464 g/mol. The monoisotopic (exact) mass is 504 g/mol. The molecule has 0 fully saturated rings. The van der Waals surface area contributed by atoms with E-state index < -0.39 is 28.9 Å². The predicted octanol–water partition coefficient (Wildman–Crippen LogP) is 5.90. The van der Waals surface area contributed by atoms with Crippen LogP contribution in [-0.2, 0) is 16.0 Å². The Labute approximate surface area is 220 Å². The molecular formula is C31H40N2O4. The number of rotatable bonds is 11. The standard InChI is InChI=1S/C31H40N2O4/c1-21(25-15-9-13-23-12-7-8-14-26(23)25)32-20-10-11-22-16-18-24(19-17-22)37-31(5,6)29(36)33-27(28(34)35)30(2,3)4/h7-9,12-19,21,27,32H,10-11,20H2,1-6H3,(H,33,36)(H,34,35). The molecule has 2 unspecified atom stereocenters. The fourth-order valence-electron chi connectivity index (χ4n) is 4.37. The number of carbonyl (C=O) groups excluding carboxylic acids is 1. The Morgan fingerprint density at radius 3 is 2.22 bits per heavy atom. The van der Waals surface area contributed by atoms with Crippen LogP contribution < -0.4 is 15.4 Å². The van der Waals surface area contributed by atoms with Crippen LogP contribution in [-0.4, -0.2) is 35.2 Å². The first-order valence-corrected chi connectivity index (χ1v) is 12.9. The number of aryl methyl sites for hydroxylation is 1. The molecule has 0 saturated heterocycles. The highest BCUT2D eigenvalue weighted by atomic mass is 16.5. The summed E-state index contributed by atoms with van der Waals surface area (Å²) in [6.45, 7) is 11.7. The quantitative estimate of drug-likeness (QED) is 0.283. The fourth-order valence-corrected chi connectivity index (χ4v) is 4.37. The topological polar surface area (TPSA) is 87.7 Å². The highest BCUT2D eigenvalue weighted by Crippen LogP contribution is 2.25. The Morgan fingerprint density at radius 2 is 1.57 bits per heavy atom. The largest absolute Gasteiger partial charge is 0.480 e. The minimum Gasteiger partial charge on any atom is -0.480 e. The van der Waals surface area contributed by atoms with Crippen LogP contribution in [0.25, 0.3) is 10.8 Å². The van der Waals surface area contributed by atoms with E-state index in [4.69, 9.17) is 4.74 Å². The molecule has 0 spiro atoms. The average Bonchev–Trinajstić information content (AvgIpc) is 2.84. The van der Waals surface area contributed by atoms with Crippen molar-refractivity contribution in [1.82, 2.24) is 10.6 Å². The summed E-state index contributed by atoms with van der Waals surface area (Å²) in [5.74, 6) is -0.971. The van der Waals surface area contributed by atoms with Crippen LogP contribution in [0.3, 0.4) is 0 Å². The first kappa shape index (κ1) is 28.2. The number of aliphatic carboxylic acids is 1. The third-order valence-electron chi connectivity index (χ3n) is 6.61. The van der Waals surface area contributed by atoms with Gasteiger partial charge in [-0.1, -0.05) is 75.4 Å². The van der Waals surface area contributed by atoms with Crippen molar-refractivity contribution in [2.45, 2.75) is 72.1 Å². The van der Waals surface area contributed by atoms with Crippen molar-refractivity contribution in [2.24, 2.45) is 5.41 Å². The van der Waals surface area contributed by atoms with Crippen LogP contribution in [0, 0.1) is 5.41 Å². The summed E-state index contributed by atoms with van der Waals surface area (Å²) in [4.78, 5) is 24.4. The minimum absolute atomic E-state index is 0.259. The van der Waals surface area contributed by atoms with Crippen molar-refractivity contribution in [3.63, 3.8) is 0 Å². The van der Waals surface area contributed by atoms with Crippen LogP contribution in [0.15, 0.2) is 66.7 Å². The fraction of sp³-hybridized carbons (Fsp3) is 0.419. The molecule has 0 heterocycles. The lowest BCUT2D eigenvalue weighted by molar-refractivity contribution is -0.148. The molecule has 6 heteroatoms. The van der Waals surface area contributed by atoms with Gasteiger partial charge in [0.1, 0.15) is 11.8 Å². The van der Waals surface area contributed by atoms with Crippen LogP contribution in [0.4, 0.5) is 0 Å². The Morgan fingerprint density at radius 1 is 0.919 bits per heavy atom. The third-order valence-corrected chi connectivity index (χ3v) is 6.61. The van der Waals surface area contributed by atoms with E-state index in [0.29, 0.717) is 5.75 Å². The van der Waals surface area contributed by atoms with Gasteiger partial charge in [0.15, 0.2) is 5.60 Å². The number of carbonyl (C=O) groups is 2. The maximum absolute atomic E-state index is 12.8. The van der Waals surface area contributed by atoms with Crippen molar-refractivity contribution in [3.8, 4) is 5.75 Å². The first-order chi connectivity index (χ1) is 17.4. The van der Waals surface area contributed by atoms with Gasteiger partial charge >= 0.3 is 5.97 Å². The lowest BCUT2D eigenvalue weighted by Crippen LogP contribution is -2.56. The van der Waals surface area contributed by atoms with Crippen LogP contribution in [0.1, 0.15) is 65.1 Å². The highest BCUT2D eigenvalue weighted by molar-refractivity contribution is 5.89. The number of amides is 1. The summed E-state index contributed by atoms with van der Waals surface area (Å²) in [7, 11) is 0. The molecule has 37 heavy (non-hydrogen) atoms. The summed E-state index contributed by atoms with van der Waals surface area (Å²) >= 11 is 0. The van der Waals surface area contributed by atoms with E-state index in [1.807, 2.05) is 24.3 Å². The zero-order valence-corrected chi connectivity index (χ0v) is 22.8. The summed E-state index contributed by atoms with van der Waals surface area (Å²) in [5, 5.41) is 18.3. The summed E-state index contributed by atoms with van der Waals surface area (Å²) in [6.07, 6.45) is 1.91. The second-order valence-corrected chi connectivity index (χ2v) is 11.2. The van der Waals surface area contributed by atoms with E-state index in [1.54, 1.807) is 34.6 Å². The van der Waals surface area contributed by atoms with E-state index in [0.717, 1.165) is 19.4 Å². The number of hydrogen-bond acceptors (Lipinski definition) is 4. The molecule has 0 saturated carbocycles. The van der Waals surface area contributed by atoms with Gasteiger partial charge in [-0.2, -0.15) is 0 Å². The van der Waals surface area contributed by atoms with Gasteiger partial charge in [0.25, 0.3) is 5.91 Å². The van der Waals surface area contributed by atoms with Crippen molar-refractivity contribution < 1.29 is 19.4 Å². The SMILES string of the molecule is CC(NCCCc1ccc(OC(C)(C)C(=O)NC(C(=O)O)C(C)(C)C)cc1)c1cccc2ccccc12. The Hall–Kier alpha value is -3.38. The lowest BCUT2D eigenvalue weighted by Gasteiger charge is -2.32. The van der Waals surface area contributed by atoms with Crippen LogP contribution in [0.2, 0.25) is 0 Å². The molecule has 0 aliphatic rings. The van der Waals surface area contributed by atoms with Crippen molar-refractivity contribution in [2.75, 3.05) is 6.54 Å². The van der Waals surface area contributed by atoms with Gasteiger partial charge < -0.3 is 20.5 Å². The molecule has 3 aromatic rings. The molecule has 198 valence electrons. The van der Waals surface area contributed by atoms with Crippen LogP contribution >= 0.6 is 0 Å². The highest BCUT2D eigenvalue weighted by Gasteiger charge is 2.38. The Bertz CT molecular complexity index is 1210. The number of nitrogens with one attached hydrogen (secondary N) is 2. The van der Waals surface area contributed by atoms with Gasteiger partial charge in [0.05, 0.1) is 0 Å². The van der Waals surface area contributed by atoms with Gasteiger partial charge in [0, 0.05) is 6.04 Å². The molecule has 1 amide bonds. The van der Waals surface area contributed by atoms with Gasteiger partial charge in [-0.05, 0) is 79.6 Å². The molecule has 0 aliphatic heterocycles. The smallest absolute Gasteiger partial charge is 0.326 e. The van der Waals surface area contributed by atoms with E-state index in [1.165, 1.54) is 21.9 Å². The summed E-state index contributed by atoms with van der Waals surface area (Å²) in [5.41, 5.74) is 0.652. The van der Waals surface area contributed by atoms with E-state index in [-0.39, 0.29) is 6.04 Å². The Kier molecular flexibility index (Phi) is 8.98. The zero-order valence-electron chi connectivity index (χ0n) is 22.8. The number of benzene rings is 3. The van der Waals surface area contributed by atoms with Crippen molar-refractivity contribution in [3.05, 3.63) is 77.9 Å². The van der Waals surface area contributed by atoms with Crippen molar-refractivity contribution >= 4 is 22.6 Å². The average molecular weight is 505 g/mol. The lowest BCUT2D eigenvalue weighted by atomic mass is 9.86. The summed E-state index contributed by atoms with van der Waals surface area (Å²) < 4.78 is 5.94. The van der Waals surface area contributed by atoms with Gasteiger partial charge in [-0.25, -0.2) is 4.79 Å². The normalized spacial score (nSPS) is 13.7. The second kappa shape index (κ2) is 11.8. The van der Waals surface area contributed by atoms with E-state index in [2.05, 4.69) is 60.0 Å². The van der Waals surface area contributed by atoms with Gasteiger partial charge in [0.2, 0.25) is 0 Å². The van der Waals surface area contributed by atoms with E-state index >= 15 is 0 Å². The number of carboxylic acids is 1. The molecule has 0 aromatic heterocycles. The molecule has 3 aromatic carbocycles. The number of carboxylic acid groups (broad SMARTS) is 1. The maximum Gasteiger partial charge on any atom is 0.326 e.